The van der Waals surface area contributed by atoms with Crippen LogP contribution in [0.3, 0.4) is 0 Å². The molecule has 11 heavy (non-hydrogen) atoms. The first kappa shape index (κ1) is 8.94. The van der Waals surface area contributed by atoms with Gasteiger partial charge in [0.1, 0.15) is 5.67 Å². The van der Waals surface area contributed by atoms with E-state index in [1.807, 2.05) is 11.9 Å². The Kier molecular flexibility index (Phi) is 2.84. The van der Waals surface area contributed by atoms with Crippen molar-refractivity contribution in [3.63, 3.8) is 0 Å². The van der Waals surface area contributed by atoms with Crippen molar-refractivity contribution in [2.45, 2.75) is 24.9 Å². The standard InChI is InChI=1S/C8H16FNO/c1-10-5-3-2-4-8(9,6-10)7-11/h11H,2-7H2,1H3. The molecule has 0 amide bonds. The molecule has 0 saturated carbocycles. The minimum absolute atomic E-state index is 0.336. The summed E-state index contributed by atoms with van der Waals surface area (Å²) in [6.07, 6.45) is 2.44. The molecular weight excluding hydrogens is 145 g/mol. The maximum absolute atomic E-state index is 13.5. The fourth-order valence-electron chi connectivity index (χ4n) is 1.59. The summed E-state index contributed by atoms with van der Waals surface area (Å²) in [7, 11) is 1.90. The fourth-order valence-corrected chi connectivity index (χ4v) is 1.59. The molecule has 1 saturated heterocycles. The second kappa shape index (κ2) is 3.50. The molecule has 1 rings (SSSR count). The van der Waals surface area contributed by atoms with Gasteiger partial charge in [-0.1, -0.05) is 0 Å². The van der Waals surface area contributed by atoms with Gasteiger partial charge in [-0.15, -0.1) is 0 Å². The van der Waals surface area contributed by atoms with Crippen LogP contribution in [0.2, 0.25) is 0 Å². The zero-order chi connectivity index (χ0) is 8.32. The second-order valence-corrected chi connectivity index (χ2v) is 3.50. The Balaban J connectivity index is 2.51. The SMILES string of the molecule is CN1CCCCC(F)(CO)C1. The van der Waals surface area contributed by atoms with Crippen molar-refractivity contribution >= 4 is 0 Å². The molecule has 1 unspecified atom stereocenters. The Morgan fingerprint density at radius 1 is 1.55 bits per heavy atom. The van der Waals surface area contributed by atoms with Crippen LogP contribution in [0.1, 0.15) is 19.3 Å². The molecule has 0 aromatic carbocycles. The maximum Gasteiger partial charge on any atom is 0.146 e. The van der Waals surface area contributed by atoms with Crippen molar-refractivity contribution < 1.29 is 9.50 Å². The van der Waals surface area contributed by atoms with Crippen LogP contribution in [0, 0.1) is 0 Å². The third kappa shape index (κ3) is 2.42. The Morgan fingerprint density at radius 2 is 2.27 bits per heavy atom. The largest absolute Gasteiger partial charge is 0.393 e. The van der Waals surface area contributed by atoms with Gasteiger partial charge in [0.25, 0.3) is 0 Å². The third-order valence-electron chi connectivity index (χ3n) is 2.25. The molecule has 2 nitrogen and oxygen atoms in total. The lowest BCUT2D eigenvalue weighted by molar-refractivity contribution is 0.0429. The monoisotopic (exact) mass is 161 g/mol. The van der Waals surface area contributed by atoms with Crippen LogP contribution in [0.15, 0.2) is 0 Å². The summed E-state index contributed by atoms with van der Waals surface area (Å²) >= 11 is 0. The lowest BCUT2D eigenvalue weighted by Gasteiger charge is -2.24. The molecule has 1 heterocycles. The third-order valence-corrected chi connectivity index (χ3v) is 2.25. The number of halogens is 1. The van der Waals surface area contributed by atoms with Gasteiger partial charge in [0, 0.05) is 6.54 Å². The summed E-state index contributed by atoms with van der Waals surface area (Å²) < 4.78 is 13.5. The topological polar surface area (TPSA) is 23.5 Å². The zero-order valence-corrected chi connectivity index (χ0v) is 7.02. The van der Waals surface area contributed by atoms with E-state index in [1.54, 1.807) is 0 Å². The van der Waals surface area contributed by atoms with Crippen LogP contribution in [-0.2, 0) is 0 Å². The molecule has 3 heteroatoms. The molecule has 66 valence electrons. The first-order chi connectivity index (χ1) is 5.16. The highest BCUT2D eigenvalue weighted by molar-refractivity contribution is 4.83. The highest BCUT2D eigenvalue weighted by atomic mass is 19.1. The first-order valence-electron chi connectivity index (χ1n) is 4.15. The highest BCUT2D eigenvalue weighted by Gasteiger charge is 2.31. The zero-order valence-electron chi connectivity index (χ0n) is 7.02. The molecule has 1 N–H and O–H groups in total. The normalized spacial score (nSPS) is 35.2. The molecule has 0 bridgehead atoms. The summed E-state index contributed by atoms with van der Waals surface area (Å²) in [6.45, 7) is 0.993. The predicted molar refractivity (Wildman–Crippen MR) is 42.3 cm³/mol. The van der Waals surface area contributed by atoms with E-state index in [4.69, 9.17) is 5.11 Å². The van der Waals surface area contributed by atoms with E-state index < -0.39 is 5.67 Å². The van der Waals surface area contributed by atoms with E-state index in [0.29, 0.717) is 13.0 Å². The number of nitrogens with zero attached hydrogens (tertiary/aromatic N) is 1. The Morgan fingerprint density at radius 3 is 2.91 bits per heavy atom. The van der Waals surface area contributed by atoms with E-state index in [-0.39, 0.29) is 6.61 Å². The summed E-state index contributed by atoms with van der Waals surface area (Å²) in [6, 6.07) is 0. The quantitative estimate of drug-likeness (QED) is 0.615. The molecule has 1 aliphatic heterocycles. The maximum atomic E-state index is 13.5. The number of hydrogen-bond acceptors (Lipinski definition) is 2. The molecule has 0 aliphatic carbocycles. The van der Waals surface area contributed by atoms with Crippen molar-refractivity contribution in [1.82, 2.24) is 4.90 Å². The minimum Gasteiger partial charge on any atom is -0.393 e. The van der Waals surface area contributed by atoms with Gasteiger partial charge in [0.2, 0.25) is 0 Å². The van der Waals surface area contributed by atoms with Crippen molar-refractivity contribution in [3.05, 3.63) is 0 Å². The van der Waals surface area contributed by atoms with Gasteiger partial charge in [-0.2, -0.15) is 0 Å². The molecule has 0 spiro atoms. The van der Waals surface area contributed by atoms with Crippen molar-refractivity contribution in [2.24, 2.45) is 0 Å². The van der Waals surface area contributed by atoms with Gasteiger partial charge in [-0.25, -0.2) is 4.39 Å². The molecule has 1 fully saturated rings. The van der Waals surface area contributed by atoms with Crippen LogP contribution < -0.4 is 0 Å². The second-order valence-electron chi connectivity index (χ2n) is 3.50. The number of rotatable bonds is 1. The highest BCUT2D eigenvalue weighted by Crippen LogP contribution is 2.23. The van der Waals surface area contributed by atoms with Crippen molar-refractivity contribution in [2.75, 3.05) is 26.7 Å². The van der Waals surface area contributed by atoms with E-state index in [0.717, 1.165) is 19.4 Å². The minimum atomic E-state index is -1.34. The van der Waals surface area contributed by atoms with Gasteiger partial charge >= 0.3 is 0 Å². The number of hydrogen-bond donors (Lipinski definition) is 1. The Hall–Kier alpha value is -0.150. The number of aliphatic hydroxyl groups excluding tert-OH is 1. The summed E-state index contributed by atoms with van der Waals surface area (Å²) in [4.78, 5) is 1.95. The van der Waals surface area contributed by atoms with Gasteiger partial charge < -0.3 is 10.0 Å². The number of alkyl halides is 1. The molecule has 0 radical (unpaired) electrons. The van der Waals surface area contributed by atoms with E-state index in [2.05, 4.69) is 0 Å². The van der Waals surface area contributed by atoms with Gasteiger partial charge in [0.15, 0.2) is 0 Å². The average molecular weight is 161 g/mol. The summed E-state index contributed by atoms with van der Waals surface area (Å²) in [5.74, 6) is 0. The van der Waals surface area contributed by atoms with Gasteiger partial charge in [0.05, 0.1) is 6.61 Å². The van der Waals surface area contributed by atoms with Crippen LogP contribution in [0.4, 0.5) is 4.39 Å². The molecule has 1 aliphatic rings. The average Bonchev–Trinajstić information content (AvgIpc) is 2.13. The lowest BCUT2D eigenvalue weighted by Crippen LogP contribution is -2.39. The van der Waals surface area contributed by atoms with Crippen LogP contribution in [0.25, 0.3) is 0 Å². The van der Waals surface area contributed by atoms with E-state index in [1.165, 1.54) is 0 Å². The summed E-state index contributed by atoms with van der Waals surface area (Å²) in [5, 5.41) is 8.79. The predicted octanol–water partition coefficient (Wildman–Crippen LogP) is 0.803. The first-order valence-corrected chi connectivity index (χ1v) is 4.15. The molecule has 0 aromatic heterocycles. The van der Waals surface area contributed by atoms with Crippen molar-refractivity contribution in [3.8, 4) is 0 Å². The number of aliphatic hydroxyl groups is 1. The number of likely N-dealkylation sites (tertiary alicyclic amines) is 1. The fraction of sp³-hybridized carbons (Fsp3) is 1.00. The molecular formula is C8H16FNO. The van der Waals surface area contributed by atoms with Crippen LogP contribution in [-0.4, -0.2) is 42.4 Å². The lowest BCUT2D eigenvalue weighted by atomic mass is 10.0. The van der Waals surface area contributed by atoms with Crippen LogP contribution in [0.5, 0.6) is 0 Å². The van der Waals surface area contributed by atoms with E-state index in [9.17, 15) is 4.39 Å². The van der Waals surface area contributed by atoms with E-state index >= 15 is 0 Å². The van der Waals surface area contributed by atoms with Gasteiger partial charge in [-0.05, 0) is 32.9 Å². The Bertz CT molecular complexity index is 131. The Labute approximate surface area is 67.0 Å². The summed E-state index contributed by atoms with van der Waals surface area (Å²) in [5.41, 5.74) is -1.34. The van der Waals surface area contributed by atoms with Crippen molar-refractivity contribution in [1.29, 1.82) is 0 Å². The molecule has 1 atom stereocenters. The smallest absolute Gasteiger partial charge is 0.146 e. The van der Waals surface area contributed by atoms with Crippen LogP contribution >= 0.6 is 0 Å². The van der Waals surface area contributed by atoms with Gasteiger partial charge in [-0.3, -0.25) is 0 Å². The molecule has 0 aromatic rings.